The van der Waals surface area contributed by atoms with Crippen molar-refractivity contribution in [1.29, 1.82) is 0 Å². The summed E-state index contributed by atoms with van der Waals surface area (Å²) in [5.74, 6) is -1.29. The lowest BCUT2D eigenvalue weighted by Gasteiger charge is -2.26. The van der Waals surface area contributed by atoms with Gasteiger partial charge in [-0.15, -0.1) is 0 Å². The molecule has 1 amide bonds. The van der Waals surface area contributed by atoms with Crippen LogP contribution in [0.1, 0.15) is 44.6 Å². The quantitative estimate of drug-likeness (QED) is 0.837. The van der Waals surface area contributed by atoms with Crippen LogP contribution in [0.3, 0.4) is 0 Å². The Hall–Kier alpha value is -1.88. The van der Waals surface area contributed by atoms with Gasteiger partial charge in [-0.25, -0.2) is 0 Å². The summed E-state index contributed by atoms with van der Waals surface area (Å²) < 4.78 is 6.02. The van der Waals surface area contributed by atoms with Gasteiger partial charge in [-0.2, -0.15) is 0 Å². The molecule has 3 rings (SSSR count). The fourth-order valence-electron chi connectivity index (χ4n) is 3.48. The highest BCUT2D eigenvalue weighted by Crippen LogP contribution is 2.39. The van der Waals surface area contributed by atoms with E-state index in [9.17, 15) is 9.59 Å². The number of carboxylic acids is 1. The first kappa shape index (κ1) is 17.0. The monoisotopic (exact) mass is 331 g/mol. The summed E-state index contributed by atoms with van der Waals surface area (Å²) in [6, 6.07) is 7.60. The van der Waals surface area contributed by atoms with Crippen molar-refractivity contribution in [3.63, 3.8) is 0 Å². The number of anilines is 1. The molecule has 5 nitrogen and oxygen atoms in total. The second-order valence-corrected chi connectivity index (χ2v) is 7.18. The molecular weight excluding hydrogens is 306 g/mol. The van der Waals surface area contributed by atoms with Crippen LogP contribution in [0.4, 0.5) is 5.69 Å². The predicted octanol–water partition coefficient (Wildman–Crippen LogP) is 3.44. The number of carboxylic acid groups (broad SMARTS) is 1. The zero-order chi connectivity index (χ0) is 17.1. The second-order valence-electron chi connectivity index (χ2n) is 7.18. The van der Waals surface area contributed by atoms with Gasteiger partial charge in [0.25, 0.3) is 0 Å². The molecule has 130 valence electrons. The molecule has 0 aliphatic heterocycles. The largest absolute Gasteiger partial charge is 0.481 e. The molecule has 0 saturated heterocycles. The number of nitrogens with one attached hydrogen (secondary N) is 1. The van der Waals surface area contributed by atoms with Crippen molar-refractivity contribution in [2.45, 2.75) is 51.7 Å². The molecule has 2 saturated carbocycles. The number of aliphatic carboxylic acids is 1. The van der Waals surface area contributed by atoms with Gasteiger partial charge in [0.15, 0.2) is 0 Å². The molecule has 1 aromatic carbocycles. The maximum atomic E-state index is 12.0. The molecule has 0 heterocycles. The number of benzene rings is 1. The van der Waals surface area contributed by atoms with E-state index in [0.717, 1.165) is 24.3 Å². The summed E-state index contributed by atoms with van der Waals surface area (Å²) in [6.07, 6.45) is 5.53. The Morgan fingerprint density at radius 2 is 2.08 bits per heavy atom. The molecule has 0 aromatic heterocycles. The van der Waals surface area contributed by atoms with E-state index < -0.39 is 17.8 Å². The molecule has 5 heteroatoms. The maximum absolute atomic E-state index is 12.0. The highest BCUT2D eigenvalue weighted by atomic mass is 16.5. The van der Waals surface area contributed by atoms with E-state index in [4.69, 9.17) is 9.84 Å². The number of hydrogen-bond donors (Lipinski definition) is 2. The van der Waals surface area contributed by atoms with Gasteiger partial charge in [-0.05, 0) is 42.9 Å². The average molecular weight is 331 g/mol. The van der Waals surface area contributed by atoms with Crippen molar-refractivity contribution in [2.75, 3.05) is 5.32 Å². The summed E-state index contributed by atoms with van der Waals surface area (Å²) in [5, 5.41) is 11.7. The Morgan fingerprint density at radius 1 is 1.25 bits per heavy atom. The Kier molecular flexibility index (Phi) is 5.19. The molecule has 1 aromatic rings. The average Bonchev–Trinajstić information content (AvgIpc) is 3.34. The highest BCUT2D eigenvalue weighted by molar-refractivity contribution is 5.98. The van der Waals surface area contributed by atoms with Crippen molar-refractivity contribution < 1.29 is 19.4 Å². The van der Waals surface area contributed by atoms with Gasteiger partial charge >= 0.3 is 5.97 Å². The van der Waals surface area contributed by atoms with E-state index in [1.165, 1.54) is 12.8 Å². The number of amides is 1. The minimum atomic E-state index is -0.890. The van der Waals surface area contributed by atoms with Crippen LogP contribution in [0.5, 0.6) is 0 Å². The van der Waals surface area contributed by atoms with Crippen molar-refractivity contribution >= 4 is 17.6 Å². The first-order valence-electron chi connectivity index (χ1n) is 8.77. The standard InChI is InChI=1S/C19H25NO4/c1-12-4-2-7-15(8-12)24-11-13-5-3-6-14(9-13)20-18(21)16-10-17(16)19(22)23/h3,5-6,9,12,15-17H,2,4,7-8,10-11H2,1H3,(H,20,21)(H,22,23). The predicted molar refractivity (Wildman–Crippen MR) is 90.5 cm³/mol. The minimum Gasteiger partial charge on any atom is -0.481 e. The van der Waals surface area contributed by atoms with E-state index in [-0.39, 0.29) is 5.91 Å². The molecule has 24 heavy (non-hydrogen) atoms. The van der Waals surface area contributed by atoms with Gasteiger partial charge < -0.3 is 15.2 Å². The van der Waals surface area contributed by atoms with Gasteiger partial charge in [0, 0.05) is 5.69 Å². The Labute approximate surface area is 142 Å². The topological polar surface area (TPSA) is 75.6 Å². The summed E-state index contributed by atoms with van der Waals surface area (Å²) in [4.78, 5) is 22.9. The fourth-order valence-corrected chi connectivity index (χ4v) is 3.48. The minimum absolute atomic E-state index is 0.207. The third-order valence-electron chi connectivity index (χ3n) is 5.01. The lowest BCUT2D eigenvalue weighted by Crippen LogP contribution is -2.21. The van der Waals surface area contributed by atoms with Crippen LogP contribution in [-0.4, -0.2) is 23.1 Å². The highest BCUT2D eigenvalue weighted by Gasteiger charge is 2.48. The zero-order valence-electron chi connectivity index (χ0n) is 14.0. The van der Waals surface area contributed by atoms with Crippen molar-refractivity contribution in [3.8, 4) is 0 Å². The van der Waals surface area contributed by atoms with Gasteiger partial charge in [-0.3, -0.25) is 9.59 Å². The van der Waals surface area contributed by atoms with Crippen LogP contribution in [0, 0.1) is 17.8 Å². The van der Waals surface area contributed by atoms with Gasteiger partial charge in [-0.1, -0.05) is 31.9 Å². The first-order chi connectivity index (χ1) is 11.5. The molecule has 2 aliphatic carbocycles. The Bertz CT molecular complexity index is 615. The summed E-state index contributed by atoms with van der Waals surface area (Å²) in [6.45, 7) is 2.82. The van der Waals surface area contributed by atoms with Crippen LogP contribution < -0.4 is 5.32 Å². The third kappa shape index (κ3) is 4.35. The molecule has 0 bridgehead atoms. The van der Waals surface area contributed by atoms with Crippen molar-refractivity contribution in [1.82, 2.24) is 0 Å². The maximum Gasteiger partial charge on any atom is 0.307 e. The Morgan fingerprint density at radius 3 is 2.79 bits per heavy atom. The first-order valence-corrected chi connectivity index (χ1v) is 8.77. The molecule has 0 radical (unpaired) electrons. The Balaban J connectivity index is 1.50. The van der Waals surface area contributed by atoms with Crippen molar-refractivity contribution in [2.24, 2.45) is 17.8 Å². The molecular formula is C19H25NO4. The van der Waals surface area contributed by atoms with E-state index in [0.29, 0.717) is 24.8 Å². The smallest absolute Gasteiger partial charge is 0.307 e. The van der Waals surface area contributed by atoms with Crippen LogP contribution in [0.15, 0.2) is 24.3 Å². The number of carbonyl (C=O) groups excluding carboxylic acids is 1. The number of rotatable bonds is 6. The van der Waals surface area contributed by atoms with Gasteiger partial charge in [0.1, 0.15) is 0 Å². The third-order valence-corrected chi connectivity index (χ3v) is 5.01. The van der Waals surface area contributed by atoms with E-state index in [1.807, 2.05) is 24.3 Å². The lowest BCUT2D eigenvalue weighted by molar-refractivity contribution is -0.139. The van der Waals surface area contributed by atoms with Crippen LogP contribution in [0.2, 0.25) is 0 Å². The normalized spacial score (nSPS) is 29.0. The number of carbonyl (C=O) groups is 2. The van der Waals surface area contributed by atoms with Crippen LogP contribution >= 0.6 is 0 Å². The molecule has 2 aliphatic rings. The SMILES string of the molecule is CC1CCCC(OCc2cccc(NC(=O)C3CC3C(=O)O)c2)C1. The summed E-state index contributed by atoms with van der Waals surface area (Å²) >= 11 is 0. The van der Waals surface area contributed by atoms with Crippen LogP contribution in [0.25, 0.3) is 0 Å². The van der Waals surface area contributed by atoms with E-state index in [2.05, 4.69) is 12.2 Å². The van der Waals surface area contributed by atoms with Gasteiger partial charge in [0.2, 0.25) is 5.91 Å². The summed E-state index contributed by atoms with van der Waals surface area (Å²) in [7, 11) is 0. The van der Waals surface area contributed by atoms with Gasteiger partial charge in [0.05, 0.1) is 24.5 Å². The van der Waals surface area contributed by atoms with Crippen molar-refractivity contribution in [3.05, 3.63) is 29.8 Å². The molecule has 2 N–H and O–H groups in total. The zero-order valence-corrected chi connectivity index (χ0v) is 14.0. The molecule has 4 unspecified atom stereocenters. The van der Waals surface area contributed by atoms with E-state index in [1.54, 1.807) is 0 Å². The van der Waals surface area contributed by atoms with E-state index >= 15 is 0 Å². The number of ether oxygens (including phenoxy) is 1. The fraction of sp³-hybridized carbons (Fsp3) is 0.579. The molecule has 0 spiro atoms. The lowest BCUT2D eigenvalue weighted by atomic mass is 9.89. The summed E-state index contributed by atoms with van der Waals surface area (Å²) in [5.41, 5.74) is 1.73. The second kappa shape index (κ2) is 7.34. The molecule has 2 fully saturated rings. The van der Waals surface area contributed by atoms with Crippen LogP contribution in [-0.2, 0) is 20.9 Å². The number of hydrogen-bond acceptors (Lipinski definition) is 3. The molecule has 4 atom stereocenters.